The number of imidazole rings is 1. The number of piperazine rings is 1. The highest BCUT2D eigenvalue weighted by atomic mass is 16.5. The largest absolute Gasteiger partial charge is 0.479 e. The van der Waals surface area contributed by atoms with E-state index in [1.54, 1.807) is 6.33 Å². The Morgan fingerprint density at radius 1 is 0.968 bits per heavy atom. The minimum atomic E-state index is -0.235. The van der Waals surface area contributed by atoms with E-state index in [1.165, 1.54) is 16.5 Å². The molecule has 4 aromatic rings. The monoisotopic (exact) mass is 412 g/mol. The first-order valence-corrected chi connectivity index (χ1v) is 11.0. The smallest absolute Gasteiger partial charge is 0.165 e. The van der Waals surface area contributed by atoms with Crippen LogP contribution in [0.3, 0.4) is 0 Å². The zero-order chi connectivity index (χ0) is 21.0. The van der Waals surface area contributed by atoms with E-state index in [1.807, 2.05) is 24.4 Å². The number of likely N-dealkylation sites (N-methyl/N-ethyl adjacent to an activating group) is 1. The van der Waals surface area contributed by atoms with Crippen molar-refractivity contribution in [3.63, 3.8) is 0 Å². The van der Waals surface area contributed by atoms with Gasteiger partial charge >= 0.3 is 0 Å². The predicted molar refractivity (Wildman–Crippen MR) is 126 cm³/mol. The second-order valence-corrected chi connectivity index (χ2v) is 8.00. The fourth-order valence-corrected chi connectivity index (χ4v) is 4.37. The summed E-state index contributed by atoms with van der Waals surface area (Å²) in [6.45, 7) is 7.69. The first kappa shape index (κ1) is 19.6. The van der Waals surface area contributed by atoms with Crippen molar-refractivity contribution < 1.29 is 4.74 Å². The van der Waals surface area contributed by atoms with Gasteiger partial charge in [-0.1, -0.05) is 55.5 Å². The van der Waals surface area contributed by atoms with Crippen LogP contribution in [0.4, 0.5) is 5.69 Å². The third kappa shape index (κ3) is 4.14. The van der Waals surface area contributed by atoms with Crippen molar-refractivity contribution >= 4 is 16.5 Å². The lowest BCUT2D eigenvalue weighted by Crippen LogP contribution is -2.46. The number of H-pyrrole nitrogens is 1. The minimum absolute atomic E-state index is 0.235. The summed E-state index contributed by atoms with van der Waals surface area (Å²) >= 11 is 0. The maximum Gasteiger partial charge on any atom is 0.165 e. The van der Waals surface area contributed by atoms with Gasteiger partial charge in [-0.15, -0.1) is 0 Å². The molecule has 0 spiro atoms. The Hall–Kier alpha value is -3.31. The number of aromatic amines is 1. The number of hydrogen-bond donors (Lipinski definition) is 1. The fraction of sp³-hybridized carbons (Fsp3) is 0.269. The van der Waals surface area contributed by atoms with Gasteiger partial charge in [0.15, 0.2) is 6.10 Å². The van der Waals surface area contributed by atoms with E-state index in [2.05, 4.69) is 75.2 Å². The van der Waals surface area contributed by atoms with Crippen LogP contribution in [0.2, 0.25) is 0 Å². The van der Waals surface area contributed by atoms with E-state index in [9.17, 15) is 0 Å². The molecule has 0 aliphatic carbocycles. The molecule has 158 valence electrons. The SMILES string of the molecule is CCN1CCN(c2cccc3ccc(OC(c4ccccc4)c4cnc[nH]4)cc23)CC1. The van der Waals surface area contributed by atoms with Crippen LogP contribution in [0.15, 0.2) is 79.3 Å². The van der Waals surface area contributed by atoms with E-state index >= 15 is 0 Å². The number of rotatable bonds is 6. The molecule has 0 saturated carbocycles. The van der Waals surface area contributed by atoms with Crippen molar-refractivity contribution in [2.24, 2.45) is 0 Å². The molecule has 3 aromatic carbocycles. The van der Waals surface area contributed by atoms with Gasteiger partial charge in [0, 0.05) is 37.3 Å². The molecule has 31 heavy (non-hydrogen) atoms. The first-order valence-electron chi connectivity index (χ1n) is 11.0. The van der Waals surface area contributed by atoms with Gasteiger partial charge in [-0.25, -0.2) is 4.98 Å². The van der Waals surface area contributed by atoms with E-state index in [0.29, 0.717) is 0 Å². The van der Waals surface area contributed by atoms with Gasteiger partial charge in [-0.05, 0) is 35.7 Å². The second-order valence-electron chi connectivity index (χ2n) is 8.00. The van der Waals surface area contributed by atoms with Crippen LogP contribution < -0.4 is 9.64 Å². The second kappa shape index (κ2) is 8.82. The van der Waals surface area contributed by atoms with Crippen LogP contribution in [0.1, 0.15) is 24.3 Å². The van der Waals surface area contributed by atoms with E-state index in [0.717, 1.165) is 49.7 Å². The molecule has 0 amide bonds. The summed E-state index contributed by atoms with van der Waals surface area (Å²) in [6, 6.07) is 23.2. The lowest BCUT2D eigenvalue weighted by Gasteiger charge is -2.36. The van der Waals surface area contributed by atoms with Crippen LogP contribution >= 0.6 is 0 Å². The number of benzene rings is 3. The molecule has 0 radical (unpaired) electrons. The predicted octanol–water partition coefficient (Wildman–Crippen LogP) is 4.87. The Kier molecular flexibility index (Phi) is 5.59. The summed E-state index contributed by atoms with van der Waals surface area (Å²) in [5.41, 5.74) is 3.32. The molecule has 2 heterocycles. The van der Waals surface area contributed by atoms with Gasteiger partial charge in [0.05, 0.1) is 18.2 Å². The molecule has 0 bridgehead atoms. The molecular weight excluding hydrogens is 384 g/mol. The van der Waals surface area contributed by atoms with Crippen LogP contribution in [-0.2, 0) is 0 Å². The molecule has 1 N–H and O–H groups in total. The standard InChI is InChI=1S/C26H28N4O/c1-2-29-13-15-30(16-14-29)25-10-6-9-20-11-12-22(17-23(20)25)31-26(24-18-27-19-28-24)21-7-4-3-5-8-21/h3-12,17-19,26H,2,13-16H2,1H3,(H,27,28). The van der Waals surface area contributed by atoms with E-state index < -0.39 is 0 Å². The molecule has 1 fully saturated rings. The van der Waals surface area contributed by atoms with Crippen LogP contribution in [0, 0.1) is 0 Å². The lowest BCUT2D eigenvalue weighted by molar-refractivity contribution is 0.243. The van der Waals surface area contributed by atoms with Crippen molar-refractivity contribution in [2.75, 3.05) is 37.6 Å². The van der Waals surface area contributed by atoms with Crippen molar-refractivity contribution in [3.05, 3.63) is 90.5 Å². The molecule has 1 aliphatic heterocycles. The summed E-state index contributed by atoms with van der Waals surface area (Å²) < 4.78 is 6.53. The zero-order valence-corrected chi connectivity index (χ0v) is 17.9. The molecule has 5 nitrogen and oxygen atoms in total. The Bertz CT molecular complexity index is 1120. The Balaban J connectivity index is 1.48. The molecule has 1 unspecified atom stereocenters. The first-order chi connectivity index (χ1) is 15.3. The Morgan fingerprint density at radius 3 is 2.55 bits per heavy atom. The molecular formula is C26H28N4O. The molecule has 5 heteroatoms. The number of anilines is 1. The number of nitrogens with zero attached hydrogens (tertiary/aromatic N) is 3. The molecule has 1 aromatic heterocycles. The third-order valence-electron chi connectivity index (χ3n) is 6.15. The van der Waals surface area contributed by atoms with Crippen LogP contribution in [0.25, 0.3) is 10.8 Å². The normalized spacial score (nSPS) is 15.8. The van der Waals surface area contributed by atoms with Crippen LogP contribution in [0.5, 0.6) is 5.75 Å². The third-order valence-corrected chi connectivity index (χ3v) is 6.15. The topological polar surface area (TPSA) is 44.4 Å². The quantitative estimate of drug-likeness (QED) is 0.491. The summed E-state index contributed by atoms with van der Waals surface area (Å²) in [4.78, 5) is 12.4. The number of aromatic nitrogens is 2. The maximum absolute atomic E-state index is 6.53. The van der Waals surface area contributed by atoms with Crippen molar-refractivity contribution in [2.45, 2.75) is 13.0 Å². The molecule has 5 rings (SSSR count). The number of fused-ring (bicyclic) bond motifs is 1. The number of nitrogens with one attached hydrogen (secondary N) is 1. The van der Waals surface area contributed by atoms with E-state index in [4.69, 9.17) is 4.74 Å². The van der Waals surface area contributed by atoms with Gasteiger partial charge in [0.2, 0.25) is 0 Å². The lowest BCUT2D eigenvalue weighted by atomic mass is 10.1. The van der Waals surface area contributed by atoms with Gasteiger partial charge in [0.25, 0.3) is 0 Å². The van der Waals surface area contributed by atoms with Gasteiger partial charge in [-0.3, -0.25) is 0 Å². The van der Waals surface area contributed by atoms with Gasteiger partial charge in [-0.2, -0.15) is 0 Å². The summed E-state index contributed by atoms with van der Waals surface area (Å²) in [6.07, 6.45) is 3.29. The van der Waals surface area contributed by atoms with Gasteiger partial charge < -0.3 is 19.5 Å². The van der Waals surface area contributed by atoms with Crippen LogP contribution in [-0.4, -0.2) is 47.6 Å². The summed E-state index contributed by atoms with van der Waals surface area (Å²) in [5, 5.41) is 2.47. The highest BCUT2D eigenvalue weighted by molar-refractivity contribution is 5.95. The van der Waals surface area contributed by atoms with Gasteiger partial charge in [0.1, 0.15) is 5.75 Å². The van der Waals surface area contributed by atoms with Crippen molar-refractivity contribution in [3.8, 4) is 5.75 Å². The van der Waals surface area contributed by atoms with Crippen molar-refractivity contribution in [1.82, 2.24) is 14.9 Å². The molecule has 1 saturated heterocycles. The molecule has 1 atom stereocenters. The number of ether oxygens (including phenoxy) is 1. The molecule has 1 aliphatic rings. The minimum Gasteiger partial charge on any atom is -0.479 e. The average molecular weight is 413 g/mol. The summed E-state index contributed by atoms with van der Waals surface area (Å²) in [7, 11) is 0. The highest BCUT2D eigenvalue weighted by Gasteiger charge is 2.20. The fourth-order valence-electron chi connectivity index (χ4n) is 4.37. The van der Waals surface area contributed by atoms with Crippen molar-refractivity contribution in [1.29, 1.82) is 0 Å². The Morgan fingerprint density at radius 2 is 1.81 bits per heavy atom. The highest BCUT2D eigenvalue weighted by Crippen LogP contribution is 2.33. The van der Waals surface area contributed by atoms with E-state index in [-0.39, 0.29) is 6.10 Å². The Labute approximate surface area is 183 Å². The average Bonchev–Trinajstić information content (AvgIpc) is 3.37. The maximum atomic E-state index is 6.53. The summed E-state index contributed by atoms with van der Waals surface area (Å²) in [5.74, 6) is 0.857. The zero-order valence-electron chi connectivity index (χ0n) is 17.9. The number of hydrogen-bond acceptors (Lipinski definition) is 4.